The Kier molecular flexibility index (Phi) is 18.6. The summed E-state index contributed by atoms with van der Waals surface area (Å²) in [5.74, 6) is 2.99. The first-order valence-corrected chi connectivity index (χ1v) is 14.3. The minimum Gasteiger partial charge on any atom is -0.493 e. The fraction of sp³-hybridized carbons (Fsp3) is 0.606. The standard InChI is InChI=1S/C27H38N2O4.C4H10.C2H6/c1-20(2)27(19-28,22-10-12-24(31-5)26(18-22)33-7)14-8-15-29(3)16-13-21-9-11-23(30-4)25(17-21)32-6;1-3-4-2;1-2/h9-12,17-18,20H,8,13-16H2,1-7H3;3-4H2,1-2H3;1-2H3. The van der Waals surface area contributed by atoms with Crippen LogP contribution in [0.4, 0.5) is 0 Å². The zero-order valence-electron chi connectivity index (χ0n) is 26.5. The van der Waals surface area contributed by atoms with Gasteiger partial charge in [-0.3, -0.25) is 0 Å². The summed E-state index contributed by atoms with van der Waals surface area (Å²) in [6.07, 6.45) is 5.25. The maximum absolute atomic E-state index is 10.2. The minimum atomic E-state index is -0.580. The molecule has 0 aliphatic heterocycles. The molecule has 2 aromatic carbocycles. The monoisotopic (exact) mass is 542 g/mol. The van der Waals surface area contributed by atoms with Gasteiger partial charge in [0.25, 0.3) is 0 Å². The fourth-order valence-corrected chi connectivity index (χ4v) is 4.23. The van der Waals surface area contributed by atoms with Crippen LogP contribution >= 0.6 is 0 Å². The van der Waals surface area contributed by atoms with Crippen LogP contribution in [0.15, 0.2) is 36.4 Å². The molecule has 0 saturated carbocycles. The Morgan fingerprint density at radius 2 is 1.31 bits per heavy atom. The van der Waals surface area contributed by atoms with E-state index in [1.165, 1.54) is 18.4 Å². The van der Waals surface area contributed by atoms with E-state index in [0.717, 1.165) is 49.4 Å². The van der Waals surface area contributed by atoms with Crippen molar-refractivity contribution in [1.82, 2.24) is 4.90 Å². The molecule has 0 amide bonds. The van der Waals surface area contributed by atoms with Crippen LogP contribution < -0.4 is 18.9 Å². The van der Waals surface area contributed by atoms with Crippen molar-refractivity contribution in [2.45, 2.75) is 79.1 Å². The van der Waals surface area contributed by atoms with Crippen LogP contribution in [0.25, 0.3) is 0 Å². The van der Waals surface area contributed by atoms with Crippen LogP contribution in [0.3, 0.4) is 0 Å². The van der Waals surface area contributed by atoms with E-state index in [-0.39, 0.29) is 5.92 Å². The summed E-state index contributed by atoms with van der Waals surface area (Å²) in [5, 5.41) is 10.2. The Balaban J connectivity index is 0.00000220. The topological polar surface area (TPSA) is 64.0 Å². The van der Waals surface area contributed by atoms with E-state index in [0.29, 0.717) is 11.5 Å². The van der Waals surface area contributed by atoms with Gasteiger partial charge in [0.15, 0.2) is 23.0 Å². The van der Waals surface area contributed by atoms with Crippen molar-refractivity contribution in [2.75, 3.05) is 48.6 Å². The molecule has 0 aliphatic rings. The van der Waals surface area contributed by atoms with Crippen LogP contribution in [0, 0.1) is 17.2 Å². The molecule has 0 fully saturated rings. The van der Waals surface area contributed by atoms with Gasteiger partial charge in [-0.15, -0.1) is 0 Å². The third-order valence-electron chi connectivity index (χ3n) is 6.92. The number of likely N-dealkylation sites (N-methyl/N-ethyl adjacent to an activating group) is 1. The van der Waals surface area contributed by atoms with Gasteiger partial charge in [0, 0.05) is 6.54 Å². The van der Waals surface area contributed by atoms with Gasteiger partial charge >= 0.3 is 0 Å². The quantitative estimate of drug-likeness (QED) is 0.242. The molecule has 0 bridgehead atoms. The average Bonchev–Trinajstić information content (AvgIpc) is 2.98. The first-order chi connectivity index (χ1) is 18.8. The predicted octanol–water partition coefficient (Wildman–Crippen LogP) is 7.93. The number of benzene rings is 2. The van der Waals surface area contributed by atoms with Gasteiger partial charge in [-0.1, -0.05) is 66.5 Å². The lowest BCUT2D eigenvalue weighted by molar-refractivity contribution is 0.292. The molecule has 0 aromatic heterocycles. The molecule has 6 nitrogen and oxygen atoms in total. The first-order valence-electron chi connectivity index (χ1n) is 14.3. The Labute approximate surface area is 239 Å². The maximum Gasteiger partial charge on any atom is 0.161 e. The average molecular weight is 543 g/mol. The molecule has 2 rings (SSSR count). The molecule has 6 heteroatoms. The minimum absolute atomic E-state index is 0.165. The third-order valence-corrected chi connectivity index (χ3v) is 6.92. The maximum atomic E-state index is 10.2. The second-order valence-electron chi connectivity index (χ2n) is 9.65. The molecule has 0 radical (unpaired) electrons. The first kappa shape index (κ1) is 36.1. The third kappa shape index (κ3) is 11.0. The van der Waals surface area contributed by atoms with Crippen molar-refractivity contribution in [3.8, 4) is 29.1 Å². The second kappa shape index (κ2) is 20.1. The summed E-state index contributed by atoms with van der Waals surface area (Å²) in [6, 6.07) is 14.5. The number of nitriles is 1. The SMILES string of the molecule is CC.CCCC.COc1ccc(CCN(C)CCCC(C#N)(c2ccc(OC)c(OC)c2)C(C)C)cc1OC. The van der Waals surface area contributed by atoms with E-state index in [1.807, 2.05) is 44.2 Å². The van der Waals surface area contributed by atoms with Crippen molar-refractivity contribution in [3.05, 3.63) is 47.5 Å². The van der Waals surface area contributed by atoms with Crippen LogP contribution in [-0.2, 0) is 11.8 Å². The van der Waals surface area contributed by atoms with Gasteiger partial charge in [0.1, 0.15) is 0 Å². The molecule has 0 N–H and O–H groups in total. The van der Waals surface area contributed by atoms with E-state index >= 15 is 0 Å². The normalized spacial score (nSPS) is 11.8. The molecule has 220 valence electrons. The van der Waals surface area contributed by atoms with Crippen LogP contribution in [0.1, 0.15) is 78.4 Å². The molecular formula is C33H54N2O4. The van der Waals surface area contributed by atoms with Crippen LogP contribution in [0.2, 0.25) is 0 Å². The Hall–Kier alpha value is -2.91. The number of hydrogen-bond donors (Lipinski definition) is 0. The van der Waals surface area contributed by atoms with Crippen molar-refractivity contribution < 1.29 is 18.9 Å². The van der Waals surface area contributed by atoms with Crippen molar-refractivity contribution >= 4 is 0 Å². The lowest BCUT2D eigenvalue weighted by Gasteiger charge is -2.32. The molecule has 0 saturated heterocycles. The van der Waals surface area contributed by atoms with Gasteiger partial charge < -0.3 is 23.8 Å². The smallest absolute Gasteiger partial charge is 0.161 e. The van der Waals surface area contributed by atoms with E-state index < -0.39 is 5.41 Å². The summed E-state index contributed by atoms with van der Waals surface area (Å²) in [7, 11) is 8.67. The zero-order chi connectivity index (χ0) is 29.8. The van der Waals surface area contributed by atoms with Gasteiger partial charge in [-0.2, -0.15) is 5.26 Å². The molecule has 0 spiro atoms. The summed E-state index contributed by atoms with van der Waals surface area (Å²) < 4.78 is 21.6. The molecule has 2 aromatic rings. The highest BCUT2D eigenvalue weighted by Crippen LogP contribution is 2.40. The number of nitrogens with zero attached hydrogens (tertiary/aromatic N) is 2. The lowest BCUT2D eigenvalue weighted by atomic mass is 9.69. The number of methoxy groups -OCH3 is 4. The number of rotatable bonds is 14. The van der Waals surface area contributed by atoms with Crippen molar-refractivity contribution in [1.29, 1.82) is 5.26 Å². The lowest BCUT2D eigenvalue weighted by Crippen LogP contribution is -2.32. The molecule has 0 heterocycles. The molecule has 39 heavy (non-hydrogen) atoms. The van der Waals surface area contributed by atoms with E-state index in [1.54, 1.807) is 28.4 Å². The molecule has 1 unspecified atom stereocenters. The largest absolute Gasteiger partial charge is 0.493 e. The van der Waals surface area contributed by atoms with E-state index in [4.69, 9.17) is 18.9 Å². The van der Waals surface area contributed by atoms with Crippen LogP contribution in [0.5, 0.6) is 23.0 Å². The molecular weight excluding hydrogens is 488 g/mol. The highest BCUT2D eigenvalue weighted by Gasteiger charge is 2.36. The van der Waals surface area contributed by atoms with Crippen molar-refractivity contribution in [2.24, 2.45) is 5.92 Å². The highest BCUT2D eigenvalue weighted by molar-refractivity contribution is 5.47. The summed E-state index contributed by atoms with van der Waals surface area (Å²) in [6.45, 7) is 14.4. The van der Waals surface area contributed by atoms with E-state index in [9.17, 15) is 5.26 Å². The highest BCUT2D eigenvalue weighted by atomic mass is 16.5. The van der Waals surface area contributed by atoms with Gasteiger partial charge in [0.05, 0.1) is 39.9 Å². The molecule has 1 atom stereocenters. The molecule has 0 aliphatic carbocycles. The summed E-state index contributed by atoms with van der Waals surface area (Å²) in [5.41, 5.74) is 1.60. The van der Waals surface area contributed by atoms with Gasteiger partial charge in [-0.05, 0) is 74.2 Å². The predicted molar refractivity (Wildman–Crippen MR) is 164 cm³/mol. The van der Waals surface area contributed by atoms with Gasteiger partial charge in [-0.25, -0.2) is 0 Å². The van der Waals surface area contributed by atoms with Gasteiger partial charge in [0.2, 0.25) is 0 Å². The van der Waals surface area contributed by atoms with Crippen LogP contribution in [-0.4, -0.2) is 53.5 Å². The number of hydrogen-bond acceptors (Lipinski definition) is 6. The second-order valence-corrected chi connectivity index (χ2v) is 9.65. The zero-order valence-corrected chi connectivity index (χ0v) is 26.5. The Morgan fingerprint density at radius 1 is 0.795 bits per heavy atom. The Morgan fingerprint density at radius 3 is 1.77 bits per heavy atom. The van der Waals surface area contributed by atoms with E-state index in [2.05, 4.69) is 51.8 Å². The fourth-order valence-electron chi connectivity index (χ4n) is 4.23. The summed E-state index contributed by atoms with van der Waals surface area (Å²) in [4.78, 5) is 2.31. The van der Waals surface area contributed by atoms with Crippen molar-refractivity contribution in [3.63, 3.8) is 0 Å². The number of ether oxygens (including phenoxy) is 4. The summed E-state index contributed by atoms with van der Waals surface area (Å²) >= 11 is 0. The Bertz CT molecular complexity index is 969. The number of unbranched alkanes of at least 4 members (excludes halogenated alkanes) is 1.